The fraction of sp³-hybridized carbons (Fsp3) is 0.529. The van der Waals surface area contributed by atoms with Gasteiger partial charge in [0.05, 0.1) is 6.54 Å². The van der Waals surface area contributed by atoms with E-state index in [1.54, 1.807) is 23.1 Å². The minimum atomic E-state index is -0.505. The molecule has 0 bridgehead atoms. The van der Waals surface area contributed by atoms with Gasteiger partial charge < -0.3 is 20.3 Å². The molecule has 1 saturated heterocycles. The van der Waals surface area contributed by atoms with E-state index < -0.39 is 5.60 Å². The predicted octanol–water partition coefficient (Wildman–Crippen LogP) is 2.19. The zero-order valence-corrected chi connectivity index (χ0v) is 14.5. The van der Waals surface area contributed by atoms with Crippen molar-refractivity contribution in [2.24, 2.45) is 10.7 Å². The summed E-state index contributed by atoms with van der Waals surface area (Å²) >= 11 is 0. The van der Waals surface area contributed by atoms with Crippen LogP contribution < -0.4 is 5.73 Å². The normalized spacial score (nSPS) is 16.2. The van der Waals surface area contributed by atoms with Crippen molar-refractivity contribution >= 4 is 12.1 Å². The molecule has 1 fully saturated rings. The van der Waals surface area contributed by atoms with E-state index >= 15 is 0 Å². The molecule has 1 aliphatic rings. The Hall–Kier alpha value is -2.31. The summed E-state index contributed by atoms with van der Waals surface area (Å²) in [5, 5.41) is 0. The molecule has 0 radical (unpaired) electrons. The van der Waals surface area contributed by atoms with Crippen LogP contribution in [-0.4, -0.2) is 53.6 Å². The molecule has 132 valence electrons. The smallest absolute Gasteiger partial charge is 0.410 e. The van der Waals surface area contributed by atoms with E-state index in [2.05, 4.69) is 4.99 Å². The Morgan fingerprint density at radius 2 is 1.79 bits per heavy atom. The summed E-state index contributed by atoms with van der Waals surface area (Å²) in [6.07, 6.45) is -0.316. The first-order valence-electron chi connectivity index (χ1n) is 8.02. The predicted molar refractivity (Wildman–Crippen MR) is 91.1 cm³/mol. The number of rotatable bonds is 2. The number of halogens is 1. The summed E-state index contributed by atoms with van der Waals surface area (Å²) in [6, 6.07) is 6.50. The van der Waals surface area contributed by atoms with E-state index in [0.717, 1.165) is 0 Å². The summed E-state index contributed by atoms with van der Waals surface area (Å²) in [4.78, 5) is 19.8. The molecule has 6 nitrogen and oxygen atoms in total. The number of aliphatic imine (C=N–C) groups is 1. The van der Waals surface area contributed by atoms with Gasteiger partial charge in [-0.3, -0.25) is 0 Å². The largest absolute Gasteiger partial charge is 0.444 e. The molecule has 0 aliphatic carbocycles. The topological polar surface area (TPSA) is 71.2 Å². The molecule has 0 unspecified atom stereocenters. The summed E-state index contributed by atoms with van der Waals surface area (Å²) in [5.74, 6) is 0.0749. The van der Waals surface area contributed by atoms with Crippen molar-refractivity contribution in [3.63, 3.8) is 0 Å². The monoisotopic (exact) mass is 336 g/mol. The molecule has 2 N–H and O–H groups in total. The van der Waals surface area contributed by atoms with Crippen LogP contribution in [-0.2, 0) is 11.3 Å². The summed E-state index contributed by atoms with van der Waals surface area (Å²) in [7, 11) is 0. The summed E-state index contributed by atoms with van der Waals surface area (Å²) in [5.41, 5.74) is 5.99. The number of guanidine groups is 1. The van der Waals surface area contributed by atoms with Crippen LogP contribution in [0.5, 0.6) is 0 Å². The van der Waals surface area contributed by atoms with Crippen molar-refractivity contribution in [3.8, 4) is 0 Å². The highest BCUT2D eigenvalue weighted by molar-refractivity contribution is 5.78. The quantitative estimate of drug-likeness (QED) is 0.664. The molecule has 0 spiro atoms. The van der Waals surface area contributed by atoms with Gasteiger partial charge in [0.1, 0.15) is 11.4 Å². The van der Waals surface area contributed by atoms with E-state index in [9.17, 15) is 9.18 Å². The van der Waals surface area contributed by atoms with Crippen LogP contribution in [0.4, 0.5) is 9.18 Å². The lowest BCUT2D eigenvalue weighted by atomic mass is 10.2. The van der Waals surface area contributed by atoms with Crippen molar-refractivity contribution in [1.29, 1.82) is 0 Å². The minimum absolute atomic E-state index is 0.199. The number of hydrogen-bond acceptors (Lipinski definition) is 3. The fourth-order valence-corrected chi connectivity index (χ4v) is 2.34. The maximum Gasteiger partial charge on any atom is 0.410 e. The van der Waals surface area contributed by atoms with E-state index in [1.807, 2.05) is 25.7 Å². The number of nitrogens with two attached hydrogens (primary N) is 1. The molecule has 24 heavy (non-hydrogen) atoms. The van der Waals surface area contributed by atoms with Crippen LogP contribution in [0.2, 0.25) is 0 Å². The van der Waals surface area contributed by atoms with Crippen molar-refractivity contribution in [3.05, 3.63) is 35.6 Å². The van der Waals surface area contributed by atoms with Crippen LogP contribution in [0.25, 0.3) is 0 Å². The van der Waals surface area contributed by atoms with Gasteiger partial charge >= 0.3 is 6.09 Å². The van der Waals surface area contributed by atoms with Gasteiger partial charge in [-0.25, -0.2) is 14.2 Å². The standard InChI is InChI=1S/C17H25FN4O2/c1-17(2,3)24-16(23)22-10-8-21(9-11-22)15(19)20-12-13-6-4-5-7-14(13)18/h4-7H,8-12H2,1-3H3,(H2,19,20). The van der Waals surface area contributed by atoms with Gasteiger partial charge in [0, 0.05) is 31.7 Å². The number of hydrogen-bond donors (Lipinski definition) is 1. The number of nitrogens with zero attached hydrogens (tertiary/aromatic N) is 3. The first kappa shape index (κ1) is 18.0. The van der Waals surface area contributed by atoms with Gasteiger partial charge in [-0.1, -0.05) is 18.2 Å². The first-order chi connectivity index (χ1) is 11.3. The lowest BCUT2D eigenvalue weighted by molar-refractivity contribution is 0.0186. The Kier molecular flexibility index (Phi) is 5.64. The molecule has 1 heterocycles. The van der Waals surface area contributed by atoms with Gasteiger partial charge in [-0.15, -0.1) is 0 Å². The Morgan fingerprint density at radius 3 is 2.38 bits per heavy atom. The second kappa shape index (κ2) is 7.51. The number of carbonyl (C=O) groups excluding carboxylic acids is 1. The number of benzene rings is 1. The molecule has 1 aliphatic heterocycles. The number of ether oxygens (including phenoxy) is 1. The van der Waals surface area contributed by atoms with Gasteiger partial charge in [-0.2, -0.15) is 0 Å². The first-order valence-corrected chi connectivity index (χ1v) is 8.02. The molecule has 1 aromatic rings. The zero-order valence-electron chi connectivity index (χ0n) is 14.5. The number of piperazine rings is 1. The lowest BCUT2D eigenvalue weighted by Gasteiger charge is -2.36. The molecule has 1 aromatic carbocycles. The van der Waals surface area contributed by atoms with E-state index in [-0.39, 0.29) is 18.5 Å². The van der Waals surface area contributed by atoms with Gasteiger partial charge in [0.2, 0.25) is 0 Å². The van der Waals surface area contributed by atoms with E-state index in [0.29, 0.717) is 37.7 Å². The van der Waals surface area contributed by atoms with E-state index in [4.69, 9.17) is 10.5 Å². The molecular formula is C17H25FN4O2. The van der Waals surface area contributed by atoms with Crippen molar-refractivity contribution in [2.45, 2.75) is 32.9 Å². The summed E-state index contributed by atoms with van der Waals surface area (Å²) in [6.45, 7) is 7.91. The second-order valence-corrected chi connectivity index (χ2v) is 6.72. The van der Waals surface area contributed by atoms with Crippen LogP contribution in [0.3, 0.4) is 0 Å². The van der Waals surface area contributed by atoms with E-state index in [1.165, 1.54) is 6.07 Å². The number of amides is 1. The van der Waals surface area contributed by atoms with Crippen molar-refractivity contribution in [1.82, 2.24) is 9.80 Å². The molecule has 0 saturated carbocycles. The zero-order chi connectivity index (χ0) is 17.7. The van der Waals surface area contributed by atoms with Crippen LogP contribution in [0, 0.1) is 5.82 Å². The van der Waals surface area contributed by atoms with Gasteiger partial charge in [-0.05, 0) is 26.8 Å². The van der Waals surface area contributed by atoms with Crippen LogP contribution in [0.1, 0.15) is 26.3 Å². The minimum Gasteiger partial charge on any atom is -0.444 e. The van der Waals surface area contributed by atoms with Crippen molar-refractivity contribution < 1.29 is 13.9 Å². The Morgan fingerprint density at radius 1 is 1.21 bits per heavy atom. The van der Waals surface area contributed by atoms with Gasteiger partial charge in [0.15, 0.2) is 5.96 Å². The molecule has 1 amide bonds. The average molecular weight is 336 g/mol. The van der Waals surface area contributed by atoms with Crippen molar-refractivity contribution in [2.75, 3.05) is 26.2 Å². The van der Waals surface area contributed by atoms with Gasteiger partial charge in [0.25, 0.3) is 0 Å². The lowest BCUT2D eigenvalue weighted by Crippen LogP contribution is -2.53. The highest BCUT2D eigenvalue weighted by atomic mass is 19.1. The molecule has 7 heteroatoms. The number of carbonyl (C=O) groups is 1. The summed E-state index contributed by atoms with van der Waals surface area (Å²) < 4.78 is 18.9. The fourth-order valence-electron chi connectivity index (χ4n) is 2.34. The SMILES string of the molecule is CC(C)(C)OC(=O)N1CCN(C(N)=NCc2ccccc2F)CC1. The maximum absolute atomic E-state index is 13.6. The molecular weight excluding hydrogens is 311 g/mol. The average Bonchev–Trinajstić information content (AvgIpc) is 2.52. The third-order valence-electron chi connectivity index (χ3n) is 3.62. The second-order valence-electron chi connectivity index (χ2n) is 6.72. The Balaban J connectivity index is 1.86. The third kappa shape index (κ3) is 5.11. The maximum atomic E-state index is 13.6. The third-order valence-corrected chi connectivity index (χ3v) is 3.62. The molecule has 2 rings (SSSR count). The highest BCUT2D eigenvalue weighted by Crippen LogP contribution is 2.12. The Bertz CT molecular complexity index is 605. The molecule has 0 atom stereocenters. The van der Waals surface area contributed by atoms with Crippen LogP contribution in [0.15, 0.2) is 29.3 Å². The molecule has 0 aromatic heterocycles. The Labute approximate surface area is 142 Å². The van der Waals surface area contributed by atoms with Crippen LogP contribution >= 0.6 is 0 Å². The highest BCUT2D eigenvalue weighted by Gasteiger charge is 2.26.